The molecule has 0 bridgehead atoms. The predicted molar refractivity (Wildman–Crippen MR) is 207 cm³/mol. The summed E-state index contributed by atoms with van der Waals surface area (Å²) in [7, 11) is -12.9. The zero-order valence-electron chi connectivity index (χ0n) is 33.6. The number of halogens is 13. The van der Waals surface area contributed by atoms with Gasteiger partial charge in [0.2, 0.25) is 0 Å². The van der Waals surface area contributed by atoms with Crippen molar-refractivity contribution in [2.24, 2.45) is 0 Å². The molecular formula is C39H35ClF12N2O8S3. The van der Waals surface area contributed by atoms with Gasteiger partial charge >= 0.3 is 24.7 Å². The summed E-state index contributed by atoms with van der Waals surface area (Å²) < 4.78 is 241. The van der Waals surface area contributed by atoms with Gasteiger partial charge in [-0.05, 0) is 88.1 Å². The first-order valence-corrected chi connectivity index (χ1v) is 23.8. The molecule has 358 valence electrons. The number of pyridine rings is 2. The van der Waals surface area contributed by atoms with Crippen LogP contribution in [0.2, 0.25) is 5.02 Å². The van der Waals surface area contributed by atoms with Crippen LogP contribution in [0.1, 0.15) is 85.4 Å². The molecule has 10 nitrogen and oxygen atoms in total. The van der Waals surface area contributed by atoms with Crippen molar-refractivity contribution < 1.29 is 87.4 Å². The summed E-state index contributed by atoms with van der Waals surface area (Å²) in [6.07, 6.45) is -20.6. The van der Waals surface area contributed by atoms with Crippen LogP contribution in [0.15, 0.2) is 87.7 Å². The predicted octanol–water partition coefficient (Wildman–Crippen LogP) is 10.5. The van der Waals surface area contributed by atoms with Gasteiger partial charge in [-0.2, -0.15) is 52.7 Å². The maximum absolute atomic E-state index is 13.3. The van der Waals surface area contributed by atoms with E-state index in [0.29, 0.717) is 42.9 Å². The molecule has 2 aromatic heterocycles. The Labute approximate surface area is 369 Å². The number of hydrogen-bond acceptors (Lipinski definition) is 10. The molecule has 0 N–H and O–H groups in total. The third-order valence-corrected chi connectivity index (χ3v) is 17.3. The molecule has 0 aliphatic carbocycles. The number of aromatic nitrogens is 2. The first-order valence-electron chi connectivity index (χ1n) is 18.6. The number of alkyl halides is 12. The molecule has 2 aliphatic rings. The van der Waals surface area contributed by atoms with E-state index in [4.69, 9.17) is 21.1 Å². The largest absolute Gasteiger partial charge is 0.417 e. The third-order valence-electron chi connectivity index (χ3n) is 10.8. The van der Waals surface area contributed by atoms with Crippen molar-refractivity contribution in [2.45, 2.75) is 101 Å². The Hall–Kier alpha value is -4.04. The number of nitrogens with zero attached hydrogens (tertiary/aromatic N) is 2. The van der Waals surface area contributed by atoms with Gasteiger partial charge in [-0.25, -0.2) is 25.3 Å². The summed E-state index contributed by atoms with van der Waals surface area (Å²) in [4.78, 5) is 5.49. The molecule has 0 saturated carbocycles. The van der Waals surface area contributed by atoms with E-state index in [2.05, 4.69) is 9.97 Å². The summed E-state index contributed by atoms with van der Waals surface area (Å²) in [5.41, 5.74) is -5.12. The minimum Gasteiger partial charge on any atom is -0.372 e. The van der Waals surface area contributed by atoms with Gasteiger partial charge in [0.05, 0.1) is 62.8 Å². The molecule has 2 aromatic carbocycles. The average Bonchev–Trinajstić information content (AvgIpc) is 3.19. The van der Waals surface area contributed by atoms with Gasteiger partial charge in [0.1, 0.15) is 12.2 Å². The lowest BCUT2D eigenvalue weighted by molar-refractivity contribution is -0.138. The molecule has 0 radical (unpaired) electrons. The normalized spacial score (nSPS) is 22.8. The van der Waals surface area contributed by atoms with Crippen LogP contribution < -0.4 is 0 Å². The molecule has 2 aliphatic heterocycles. The summed E-state index contributed by atoms with van der Waals surface area (Å²) in [5, 5.41) is -0.347. The summed E-state index contributed by atoms with van der Waals surface area (Å²) in [6.45, 7) is 2.28. The fourth-order valence-corrected chi connectivity index (χ4v) is 11.9. The zero-order chi connectivity index (χ0) is 49.0. The first kappa shape index (κ1) is 51.9. The van der Waals surface area contributed by atoms with Gasteiger partial charge in [0, 0.05) is 31.9 Å². The Balaban J connectivity index is 0.000000245. The quantitative estimate of drug-likeness (QED) is 0.164. The highest BCUT2D eigenvalue weighted by molar-refractivity contribution is 7.93. The van der Waals surface area contributed by atoms with E-state index in [1.807, 2.05) is 0 Å². The van der Waals surface area contributed by atoms with Crippen molar-refractivity contribution in [3.8, 4) is 0 Å². The second-order valence-electron chi connectivity index (χ2n) is 15.6. The molecule has 4 unspecified atom stereocenters. The molecular weight excluding hydrogens is 984 g/mol. The molecule has 2 fully saturated rings. The lowest BCUT2D eigenvalue weighted by Gasteiger charge is -2.38. The standard InChI is InChI=1S/C20H19F6NO5S2.C19H16ClF6NO3S/c1-18(34(30,31)14-5-3-4-12(8-14)19(21,22)23)6-7-32-15(10-18)17-16(33(2,28)29)9-13(11-27-17)20(24,25)26;1-17(31(28,29)13-4-2-3-11(7-13)18(21,22)23)5-6-30-15(9-17)16-14(20)8-12(10-27-16)19(24,25)26/h3-5,8-9,11,15H,6-7,10H2,1-2H3;2-4,7-8,10,15H,5-6,9H2,1H3. The molecule has 65 heavy (non-hydrogen) atoms. The Morgan fingerprint density at radius 3 is 1.31 bits per heavy atom. The van der Waals surface area contributed by atoms with E-state index in [1.54, 1.807) is 0 Å². The van der Waals surface area contributed by atoms with Crippen LogP contribution in [-0.2, 0) is 63.7 Å². The van der Waals surface area contributed by atoms with Crippen LogP contribution in [0.3, 0.4) is 0 Å². The molecule has 4 atom stereocenters. The SMILES string of the molecule is CC1(S(=O)(=O)c2cccc(C(F)(F)F)c2)CCOC(c2ncc(C(F)(F)F)cc2Cl)C1.CC1(S(=O)(=O)c2cccc(C(F)(F)F)c2)CCOC(c2ncc(C(F)(F)F)cc2S(C)(=O)=O)C1. The first-order chi connectivity index (χ1) is 29.5. The van der Waals surface area contributed by atoms with Gasteiger partial charge in [-0.1, -0.05) is 23.7 Å². The molecule has 0 spiro atoms. The van der Waals surface area contributed by atoms with Crippen molar-refractivity contribution in [1.29, 1.82) is 0 Å². The highest BCUT2D eigenvalue weighted by atomic mass is 35.5. The lowest BCUT2D eigenvalue weighted by Crippen LogP contribution is -2.42. The Kier molecular flexibility index (Phi) is 14.3. The van der Waals surface area contributed by atoms with Gasteiger partial charge in [0.15, 0.2) is 29.5 Å². The van der Waals surface area contributed by atoms with Gasteiger partial charge < -0.3 is 9.47 Å². The molecule has 26 heteroatoms. The van der Waals surface area contributed by atoms with Crippen molar-refractivity contribution in [1.82, 2.24) is 9.97 Å². The number of rotatable bonds is 7. The maximum atomic E-state index is 13.3. The highest BCUT2D eigenvalue weighted by Gasteiger charge is 2.49. The van der Waals surface area contributed by atoms with E-state index in [9.17, 15) is 77.9 Å². The second kappa shape index (κ2) is 17.9. The van der Waals surface area contributed by atoms with Crippen LogP contribution in [0, 0.1) is 0 Å². The zero-order valence-corrected chi connectivity index (χ0v) is 36.8. The molecule has 0 amide bonds. The van der Waals surface area contributed by atoms with Gasteiger partial charge in [0.25, 0.3) is 0 Å². The van der Waals surface area contributed by atoms with Crippen molar-refractivity contribution in [3.63, 3.8) is 0 Å². The van der Waals surface area contributed by atoms with Gasteiger partial charge in [-0.3, -0.25) is 9.97 Å². The Bertz CT molecular complexity index is 2770. The maximum Gasteiger partial charge on any atom is 0.417 e. The summed E-state index contributed by atoms with van der Waals surface area (Å²) in [5.74, 6) is 0. The lowest BCUT2D eigenvalue weighted by atomic mass is 9.94. The number of ether oxygens (including phenoxy) is 2. The number of benzene rings is 2. The van der Waals surface area contributed by atoms with Gasteiger partial charge in [-0.15, -0.1) is 0 Å². The fourth-order valence-electron chi connectivity index (χ4n) is 7.02. The van der Waals surface area contributed by atoms with Crippen molar-refractivity contribution >= 4 is 41.1 Å². The van der Waals surface area contributed by atoms with Crippen LogP contribution in [0.5, 0.6) is 0 Å². The summed E-state index contributed by atoms with van der Waals surface area (Å²) in [6, 6.07) is 7.66. The van der Waals surface area contributed by atoms with Crippen LogP contribution in [0.4, 0.5) is 52.7 Å². The molecule has 6 rings (SSSR count). The van der Waals surface area contributed by atoms with Crippen LogP contribution in [0.25, 0.3) is 0 Å². The second-order valence-corrected chi connectivity index (χ2v) is 22.9. The summed E-state index contributed by atoms with van der Waals surface area (Å²) >= 11 is 5.95. The minimum absolute atomic E-state index is 0.0274. The third kappa shape index (κ3) is 11.2. The average molecular weight is 1020 g/mol. The topological polar surface area (TPSA) is 147 Å². The number of sulfone groups is 3. The van der Waals surface area contributed by atoms with Crippen molar-refractivity contribution in [2.75, 3.05) is 19.5 Å². The van der Waals surface area contributed by atoms with E-state index in [0.717, 1.165) is 36.4 Å². The van der Waals surface area contributed by atoms with E-state index in [-0.39, 0.29) is 43.2 Å². The monoisotopic (exact) mass is 1020 g/mol. The Morgan fingerprint density at radius 2 is 0.938 bits per heavy atom. The van der Waals surface area contributed by atoms with E-state index >= 15 is 0 Å². The van der Waals surface area contributed by atoms with Crippen molar-refractivity contribution in [3.05, 3.63) is 112 Å². The van der Waals surface area contributed by atoms with Crippen LogP contribution in [-0.4, -0.2) is 64.2 Å². The molecule has 2 saturated heterocycles. The fraction of sp³-hybridized carbons (Fsp3) is 0.436. The van der Waals surface area contributed by atoms with E-state index in [1.165, 1.54) is 13.8 Å². The van der Waals surface area contributed by atoms with Crippen LogP contribution >= 0.6 is 11.6 Å². The number of hydrogen-bond donors (Lipinski definition) is 0. The highest BCUT2D eigenvalue weighted by Crippen LogP contribution is 2.46. The van der Waals surface area contributed by atoms with E-state index < -0.39 is 125 Å². The molecule has 4 heterocycles. The Morgan fingerprint density at radius 1 is 0.569 bits per heavy atom. The molecule has 4 aromatic rings. The minimum atomic E-state index is -4.88. The smallest absolute Gasteiger partial charge is 0.372 e.